The number of hydrogen-bond donors (Lipinski definition) is 1. The van der Waals surface area contributed by atoms with E-state index in [4.69, 9.17) is 5.73 Å². The molecule has 0 aliphatic carbocycles. The largest absolute Gasteiger partial charge is 0.346 e. The van der Waals surface area contributed by atoms with Gasteiger partial charge in [-0.25, -0.2) is 8.42 Å². The van der Waals surface area contributed by atoms with Crippen LogP contribution >= 0.6 is 0 Å². The molecule has 5 nitrogen and oxygen atoms in total. The lowest BCUT2D eigenvalue weighted by atomic mass is 10.3. The summed E-state index contributed by atoms with van der Waals surface area (Å²) in [5.74, 6) is 0. The summed E-state index contributed by atoms with van der Waals surface area (Å²) in [6, 6.07) is 1.85. The molecule has 0 aromatic carbocycles. The van der Waals surface area contributed by atoms with Gasteiger partial charge in [-0.1, -0.05) is 13.0 Å². The second-order valence-electron chi connectivity index (χ2n) is 5.02. The third-order valence-electron chi connectivity index (χ3n) is 3.12. The summed E-state index contributed by atoms with van der Waals surface area (Å²) in [4.78, 5) is 0.307. The van der Waals surface area contributed by atoms with Crippen LogP contribution in [-0.2, 0) is 16.6 Å². The molecule has 0 saturated carbocycles. The molecule has 0 aliphatic rings. The van der Waals surface area contributed by atoms with Gasteiger partial charge in [-0.3, -0.25) is 0 Å². The summed E-state index contributed by atoms with van der Waals surface area (Å²) in [6.07, 6.45) is 4.05. The topological polar surface area (TPSA) is 68.3 Å². The molecule has 0 atom stereocenters. The summed E-state index contributed by atoms with van der Waals surface area (Å²) in [5.41, 5.74) is 6.52. The predicted molar refractivity (Wildman–Crippen MR) is 82.0 cm³/mol. The fraction of sp³-hybridized carbons (Fsp3) is 0.571. The Morgan fingerprint density at radius 3 is 2.55 bits per heavy atom. The summed E-state index contributed by atoms with van der Waals surface area (Å²) in [5, 5.41) is 0. The maximum absolute atomic E-state index is 12.6. The molecule has 1 rings (SSSR count). The highest BCUT2D eigenvalue weighted by Crippen LogP contribution is 2.22. The van der Waals surface area contributed by atoms with E-state index in [1.807, 2.05) is 25.3 Å². The van der Waals surface area contributed by atoms with E-state index >= 15 is 0 Å². The Labute approximate surface area is 122 Å². The standard InChI is InChI=1S/C14H25N3O2S/c1-5-7-16(8-6-2)20(18,19)14-9-13(10-15)17(11-14)12(3)4/h5,9,11-12H,1,6-8,10,15H2,2-4H3. The minimum absolute atomic E-state index is 0.177. The van der Waals surface area contributed by atoms with Crippen LogP contribution in [0.5, 0.6) is 0 Å². The molecule has 1 aromatic rings. The van der Waals surface area contributed by atoms with E-state index in [1.165, 1.54) is 4.31 Å². The SMILES string of the molecule is C=CCN(CCC)S(=O)(=O)c1cc(CN)n(C(C)C)c1. The number of aromatic nitrogens is 1. The molecule has 0 bridgehead atoms. The molecule has 0 aliphatic heterocycles. The van der Waals surface area contributed by atoms with Crippen molar-refractivity contribution in [2.24, 2.45) is 5.73 Å². The molecule has 20 heavy (non-hydrogen) atoms. The average Bonchev–Trinajstić information content (AvgIpc) is 2.83. The van der Waals surface area contributed by atoms with Gasteiger partial charge in [0, 0.05) is 37.6 Å². The summed E-state index contributed by atoms with van der Waals surface area (Å²) >= 11 is 0. The van der Waals surface area contributed by atoms with Crippen molar-refractivity contribution < 1.29 is 8.42 Å². The van der Waals surface area contributed by atoms with Crippen LogP contribution < -0.4 is 5.73 Å². The van der Waals surface area contributed by atoms with Crippen LogP contribution in [0.3, 0.4) is 0 Å². The van der Waals surface area contributed by atoms with E-state index in [1.54, 1.807) is 18.3 Å². The minimum atomic E-state index is -3.48. The zero-order valence-electron chi connectivity index (χ0n) is 12.5. The van der Waals surface area contributed by atoms with Crippen molar-refractivity contribution >= 4 is 10.0 Å². The highest BCUT2D eigenvalue weighted by Gasteiger charge is 2.25. The minimum Gasteiger partial charge on any atom is -0.346 e. The molecule has 2 N–H and O–H groups in total. The normalized spacial score (nSPS) is 12.3. The Balaban J connectivity index is 3.23. The van der Waals surface area contributed by atoms with Crippen LogP contribution in [0.2, 0.25) is 0 Å². The Kier molecular flexibility index (Phi) is 5.98. The van der Waals surface area contributed by atoms with E-state index in [0.29, 0.717) is 24.5 Å². The molecule has 0 fully saturated rings. The second-order valence-corrected chi connectivity index (χ2v) is 6.96. The number of nitrogens with zero attached hydrogens (tertiary/aromatic N) is 2. The van der Waals surface area contributed by atoms with Crippen molar-refractivity contribution in [3.8, 4) is 0 Å². The van der Waals surface area contributed by atoms with E-state index in [-0.39, 0.29) is 6.04 Å². The van der Waals surface area contributed by atoms with Gasteiger partial charge < -0.3 is 10.3 Å². The Morgan fingerprint density at radius 2 is 2.15 bits per heavy atom. The second kappa shape index (κ2) is 7.06. The predicted octanol–water partition coefficient (Wildman–Crippen LogP) is 2.11. The molecule has 0 saturated heterocycles. The van der Waals surface area contributed by atoms with Crippen molar-refractivity contribution in [1.82, 2.24) is 8.87 Å². The highest BCUT2D eigenvalue weighted by atomic mass is 32.2. The van der Waals surface area contributed by atoms with Gasteiger partial charge in [0.1, 0.15) is 4.90 Å². The van der Waals surface area contributed by atoms with Crippen LogP contribution in [0.1, 0.15) is 38.9 Å². The van der Waals surface area contributed by atoms with Gasteiger partial charge in [-0.05, 0) is 26.3 Å². The van der Waals surface area contributed by atoms with Crippen molar-refractivity contribution in [2.75, 3.05) is 13.1 Å². The monoisotopic (exact) mass is 299 g/mol. The Morgan fingerprint density at radius 1 is 1.50 bits per heavy atom. The average molecular weight is 299 g/mol. The first-order valence-electron chi connectivity index (χ1n) is 6.90. The molecule has 6 heteroatoms. The smallest absolute Gasteiger partial charge is 0.244 e. The molecule has 114 valence electrons. The van der Waals surface area contributed by atoms with E-state index in [2.05, 4.69) is 6.58 Å². The molecule has 0 amide bonds. The first-order valence-corrected chi connectivity index (χ1v) is 8.34. The Bertz CT molecular complexity index is 547. The van der Waals surface area contributed by atoms with Crippen LogP contribution in [-0.4, -0.2) is 30.4 Å². The van der Waals surface area contributed by atoms with Crippen LogP contribution in [0, 0.1) is 0 Å². The lowest BCUT2D eigenvalue weighted by Crippen LogP contribution is -2.31. The van der Waals surface area contributed by atoms with Crippen molar-refractivity contribution in [2.45, 2.75) is 44.7 Å². The number of nitrogens with two attached hydrogens (primary N) is 1. The first-order chi connectivity index (χ1) is 9.38. The van der Waals surface area contributed by atoms with E-state index in [0.717, 1.165) is 12.1 Å². The lowest BCUT2D eigenvalue weighted by Gasteiger charge is -2.19. The van der Waals surface area contributed by atoms with Crippen LogP contribution in [0.25, 0.3) is 0 Å². The fourth-order valence-corrected chi connectivity index (χ4v) is 3.69. The fourth-order valence-electron chi connectivity index (χ4n) is 2.13. The summed E-state index contributed by atoms with van der Waals surface area (Å²) in [6.45, 7) is 10.7. The number of hydrogen-bond acceptors (Lipinski definition) is 3. The van der Waals surface area contributed by atoms with E-state index in [9.17, 15) is 8.42 Å². The molecule has 0 radical (unpaired) electrons. The van der Waals surface area contributed by atoms with Gasteiger partial charge in [0.15, 0.2) is 0 Å². The zero-order chi connectivity index (χ0) is 15.3. The van der Waals surface area contributed by atoms with Crippen molar-refractivity contribution in [1.29, 1.82) is 0 Å². The molecular formula is C14H25N3O2S. The van der Waals surface area contributed by atoms with E-state index < -0.39 is 10.0 Å². The number of sulfonamides is 1. The van der Waals surface area contributed by atoms with Gasteiger partial charge in [0.25, 0.3) is 0 Å². The van der Waals surface area contributed by atoms with Crippen molar-refractivity contribution in [3.63, 3.8) is 0 Å². The van der Waals surface area contributed by atoms with Gasteiger partial charge in [0.05, 0.1) is 0 Å². The lowest BCUT2D eigenvalue weighted by molar-refractivity contribution is 0.441. The quantitative estimate of drug-likeness (QED) is 0.748. The van der Waals surface area contributed by atoms with Crippen LogP contribution in [0.15, 0.2) is 29.8 Å². The van der Waals surface area contributed by atoms with Gasteiger partial charge in [-0.2, -0.15) is 4.31 Å². The molecular weight excluding hydrogens is 274 g/mol. The molecule has 1 aromatic heterocycles. The first kappa shape index (κ1) is 16.9. The maximum atomic E-state index is 12.6. The van der Waals surface area contributed by atoms with Crippen molar-refractivity contribution in [3.05, 3.63) is 30.6 Å². The Hall–Kier alpha value is -1.11. The zero-order valence-corrected chi connectivity index (χ0v) is 13.4. The third-order valence-corrected chi connectivity index (χ3v) is 4.95. The van der Waals surface area contributed by atoms with Gasteiger partial charge >= 0.3 is 0 Å². The molecule has 1 heterocycles. The third kappa shape index (κ3) is 3.50. The summed E-state index contributed by atoms with van der Waals surface area (Å²) in [7, 11) is -3.48. The van der Waals surface area contributed by atoms with Crippen LogP contribution in [0.4, 0.5) is 0 Å². The van der Waals surface area contributed by atoms with Gasteiger partial charge in [-0.15, -0.1) is 6.58 Å². The highest BCUT2D eigenvalue weighted by molar-refractivity contribution is 7.89. The molecule has 0 unspecified atom stereocenters. The maximum Gasteiger partial charge on any atom is 0.244 e. The van der Waals surface area contributed by atoms with Gasteiger partial charge in [0.2, 0.25) is 10.0 Å². The molecule has 0 spiro atoms. The number of rotatable bonds is 8. The summed E-state index contributed by atoms with van der Waals surface area (Å²) < 4.78 is 28.6.